The first-order valence-electron chi connectivity index (χ1n) is 9.83. The summed E-state index contributed by atoms with van der Waals surface area (Å²) < 4.78 is 18.0. The molecule has 2 aromatic heterocycles. The van der Waals surface area contributed by atoms with Crippen LogP contribution < -0.4 is 14.8 Å². The van der Waals surface area contributed by atoms with Crippen molar-refractivity contribution >= 4 is 23.4 Å². The molecule has 0 aliphatic carbocycles. The van der Waals surface area contributed by atoms with E-state index in [1.807, 2.05) is 41.0 Å². The van der Waals surface area contributed by atoms with E-state index in [0.29, 0.717) is 40.5 Å². The van der Waals surface area contributed by atoms with Crippen molar-refractivity contribution in [3.63, 3.8) is 0 Å². The molecule has 0 aliphatic rings. The molecule has 9 heteroatoms. The lowest BCUT2D eigenvalue weighted by Gasteiger charge is -2.11. The lowest BCUT2D eigenvalue weighted by molar-refractivity contribution is -0.113. The molecule has 1 N–H and O–H groups in total. The quantitative estimate of drug-likeness (QED) is 0.379. The van der Waals surface area contributed by atoms with Crippen molar-refractivity contribution in [2.45, 2.75) is 11.7 Å². The Labute approximate surface area is 189 Å². The molecule has 0 radical (unpaired) electrons. The number of hydrogen-bond acceptors (Lipinski definition) is 7. The largest absolute Gasteiger partial charge is 0.493 e. The van der Waals surface area contributed by atoms with Crippen molar-refractivity contribution in [1.29, 1.82) is 0 Å². The number of anilines is 1. The zero-order valence-corrected chi connectivity index (χ0v) is 18.5. The highest BCUT2D eigenvalue weighted by Crippen LogP contribution is 2.30. The van der Waals surface area contributed by atoms with Gasteiger partial charge in [0.1, 0.15) is 0 Å². The second-order valence-corrected chi connectivity index (χ2v) is 7.70. The van der Waals surface area contributed by atoms with Crippen molar-refractivity contribution in [1.82, 2.24) is 14.8 Å². The minimum Gasteiger partial charge on any atom is -0.493 e. The molecule has 164 valence electrons. The fourth-order valence-corrected chi connectivity index (χ4v) is 3.87. The van der Waals surface area contributed by atoms with Gasteiger partial charge < -0.3 is 19.2 Å². The van der Waals surface area contributed by atoms with Crippen LogP contribution in [0.5, 0.6) is 11.5 Å². The summed E-state index contributed by atoms with van der Waals surface area (Å²) in [7, 11) is 3.12. The van der Waals surface area contributed by atoms with E-state index < -0.39 is 0 Å². The highest BCUT2D eigenvalue weighted by molar-refractivity contribution is 7.99. The van der Waals surface area contributed by atoms with Crippen LogP contribution in [0.3, 0.4) is 0 Å². The summed E-state index contributed by atoms with van der Waals surface area (Å²) in [5.74, 6) is 2.37. The predicted molar refractivity (Wildman–Crippen MR) is 122 cm³/mol. The molecule has 0 atom stereocenters. The fourth-order valence-electron chi connectivity index (χ4n) is 3.13. The van der Waals surface area contributed by atoms with Crippen molar-refractivity contribution in [2.75, 3.05) is 25.3 Å². The van der Waals surface area contributed by atoms with Crippen LogP contribution in [-0.4, -0.2) is 40.6 Å². The first kappa shape index (κ1) is 21.5. The van der Waals surface area contributed by atoms with E-state index in [1.54, 1.807) is 44.7 Å². The van der Waals surface area contributed by atoms with Gasteiger partial charge in [-0.3, -0.25) is 9.36 Å². The van der Waals surface area contributed by atoms with Crippen LogP contribution in [0.15, 0.2) is 76.5 Å². The zero-order valence-electron chi connectivity index (χ0n) is 17.6. The normalized spacial score (nSPS) is 10.7. The van der Waals surface area contributed by atoms with Crippen molar-refractivity contribution in [2.24, 2.45) is 0 Å². The molecule has 2 aromatic carbocycles. The maximum absolute atomic E-state index is 12.6. The summed E-state index contributed by atoms with van der Waals surface area (Å²) in [6.45, 7) is 0.559. The molecule has 0 aliphatic heterocycles. The van der Waals surface area contributed by atoms with Crippen LogP contribution in [-0.2, 0) is 11.3 Å². The van der Waals surface area contributed by atoms with Gasteiger partial charge in [0.05, 0.1) is 32.8 Å². The third-order valence-corrected chi connectivity index (χ3v) is 5.61. The van der Waals surface area contributed by atoms with Gasteiger partial charge in [0, 0.05) is 11.8 Å². The Morgan fingerprint density at radius 1 is 1.03 bits per heavy atom. The van der Waals surface area contributed by atoms with E-state index >= 15 is 0 Å². The number of thioether (sulfide) groups is 1. The van der Waals surface area contributed by atoms with Crippen LogP contribution in [0.4, 0.5) is 5.69 Å². The number of rotatable bonds is 9. The third kappa shape index (κ3) is 4.94. The van der Waals surface area contributed by atoms with E-state index in [0.717, 1.165) is 5.56 Å². The van der Waals surface area contributed by atoms with E-state index in [2.05, 4.69) is 15.5 Å². The predicted octanol–water partition coefficient (Wildman–Crippen LogP) is 4.33. The number of aromatic nitrogens is 3. The minimum absolute atomic E-state index is 0.166. The number of benzene rings is 2. The number of nitrogens with zero attached hydrogens (tertiary/aromatic N) is 3. The maximum Gasteiger partial charge on any atom is 0.234 e. The molecule has 0 bridgehead atoms. The number of carbonyl (C=O) groups excluding carboxylic acids is 1. The smallest absolute Gasteiger partial charge is 0.234 e. The molecule has 0 saturated carbocycles. The monoisotopic (exact) mass is 450 g/mol. The molecule has 0 unspecified atom stereocenters. The summed E-state index contributed by atoms with van der Waals surface area (Å²) in [6.07, 6.45) is 1.60. The minimum atomic E-state index is -0.170. The summed E-state index contributed by atoms with van der Waals surface area (Å²) in [6, 6.07) is 18.9. The summed E-state index contributed by atoms with van der Waals surface area (Å²) in [5.41, 5.74) is 1.71. The summed E-state index contributed by atoms with van der Waals surface area (Å²) >= 11 is 1.31. The first-order chi connectivity index (χ1) is 15.7. The molecule has 8 nitrogen and oxygen atoms in total. The average Bonchev–Trinajstić information content (AvgIpc) is 3.48. The topological polar surface area (TPSA) is 91.4 Å². The number of methoxy groups -OCH3 is 2. The number of hydrogen-bond donors (Lipinski definition) is 1. The summed E-state index contributed by atoms with van der Waals surface area (Å²) in [5, 5.41) is 12.1. The molecule has 4 rings (SSSR count). The molecule has 32 heavy (non-hydrogen) atoms. The summed E-state index contributed by atoms with van der Waals surface area (Å²) in [4.78, 5) is 12.6. The van der Waals surface area contributed by atoms with Gasteiger partial charge in [-0.2, -0.15) is 0 Å². The Balaban J connectivity index is 1.48. The zero-order chi connectivity index (χ0) is 22.3. The highest BCUT2D eigenvalue weighted by Gasteiger charge is 2.18. The van der Waals surface area contributed by atoms with Crippen molar-refractivity contribution in [3.8, 4) is 23.1 Å². The van der Waals surface area contributed by atoms with Crippen LogP contribution in [0.2, 0.25) is 0 Å². The third-order valence-electron chi connectivity index (χ3n) is 4.64. The van der Waals surface area contributed by atoms with Gasteiger partial charge in [-0.1, -0.05) is 42.1 Å². The lowest BCUT2D eigenvalue weighted by Crippen LogP contribution is -2.15. The van der Waals surface area contributed by atoms with Gasteiger partial charge in [0.15, 0.2) is 22.4 Å². The van der Waals surface area contributed by atoms with Crippen molar-refractivity contribution < 1.29 is 18.7 Å². The number of furan rings is 1. The van der Waals surface area contributed by atoms with E-state index in [9.17, 15) is 4.79 Å². The Hall–Kier alpha value is -3.72. The maximum atomic E-state index is 12.6. The van der Waals surface area contributed by atoms with Crippen LogP contribution in [0, 0.1) is 0 Å². The molecule has 2 heterocycles. The number of nitrogens with one attached hydrogen (secondary N) is 1. The molecule has 0 fully saturated rings. The van der Waals surface area contributed by atoms with Crippen LogP contribution in [0.1, 0.15) is 5.56 Å². The van der Waals surface area contributed by atoms with Gasteiger partial charge in [0.25, 0.3) is 0 Å². The van der Waals surface area contributed by atoms with Crippen molar-refractivity contribution in [3.05, 3.63) is 72.5 Å². The van der Waals surface area contributed by atoms with E-state index in [4.69, 9.17) is 13.9 Å². The molecule has 4 aromatic rings. The molecule has 1 amide bonds. The highest BCUT2D eigenvalue weighted by atomic mass is 32.2. The standard InChI is InChI=1S/C23H22N4O4S/c1-29-18-11-10-17(13-20(18)30-2)24-21(28)15-32-23-26-25-22(19-9-6-12-31-19)27(23)14-16-7-4-3-5-8-16/h3-13H,14-15H2,1-2H3,(H,24,28). The van der Waals surface area contributed by atoms with E-state index in [1.165, 1.54) is 11.8 Å². The fraction of sp³-hybridized carbons (Fsp3) is 0.174. The average molecular weight is 451 g/mol. The Bertz CT molecular complexity index is 1180. The molecule has 0 spiro atoms. The van der Waals surface area contributed by atoms with Crippen LogP contribution >= 0.6 is 11.8 Å². The van der Waals surface area contributed by atoms with Gasteiger partial charge in [0.2, 0.25) is 11.7 Å². The lowest BCUT2D eigenvalue weighted by atomic mass is 10.2. The number of amides is 1. The number of ether oxygens (including phenoxy) is 2. The first-order valence-corrected chi connectivity index (χ1v) is 10.8. The Kier molecular flexibility index (Phi) is 6.76. The number of carbonyl (C=O) groups is 1. The molecular weight excluding hydrogens is 428 g/mol. The second kappa shape index (κ2) is 10.1. The molecular formula is C23H22N4O4S. The van der Waals surface area contributed by atoms with Gasteiger partial charge in [-0.05, 0) is 29.8 Å². The Morgan fingerprint density at radius 2 is 1.84 bits per heavy atom. The second-order valence-electron chi connectivity index (χ2n) is 6.76. The van der Waals surface area contributed by atoms with Crippen LogP contribution in [0.25, 0.3) is 11.6 Å². The Morgan fingerprint density at radius 3 is 2.56 bits per heavy atom. The van der Waals surface area contributed by atoms with E-state index in [-0.39, 0.29) is 11.7 Å². The SMILES string of the molecule is COc1ccc(NC(=O)CSc2nnc(-c3ccco3)n2Cc2ccccc2)cc1OC. The van der Waals surface area contributed by atoms with Gasteiger partial charge in [-0.25, -0.2) is 0 Å². The molecule has 0 saturated heterocycles. The van der Waals surface area contributed by atoms with Gasteiger partial charge >= 0.3 is 0 Å². The van der Waals surface area contributed by atoms with Gasteiger partial charge in [-0.15, -0.1) is 10.2 Å².